The van der Waals surface area contributed by atoms with E-state index < -0.39 is 0 Å². The predicted molar refractivity (Wildman–Crippen MR) is 77.6 cm³/mol. The Morgan fingerprint density at radius 1 is 1.48 bits per heavy atom. The molecule has 3 rings (SSSR count). The first-order valence-electron chi connectivity index (χ1n) is 6.60. The Kier molecular flexibility index (Phi) is 3.04. The molecule has 0 saturated heterocycles. The second kappa shape index (κ2) is 4.76. The van der Waals surface area contributed by atoms with Gasteiger partial charge in [-0.25, -0.2) is 4.39 Å². The number of amidine groups is 1. The molecule has 1 aromatic carbocycles. The molecule has 1 aromatic heterocycles. The Morgan fingerprint density at radius 2 is 2.24 bits per heavy atom. The number of aromatic nitrogens is 2. The molecular weight excluding hydrogens is 273 g/mol. The largest absolute Gasteiger partial charge is 0.409 e. The van der Waals surface area contributed by atoms with E-state index in [2.05, 4.69) is 10.3 Å². The van der Waals surface area contributed by atoms with Gasteiger partial charge in [0.15, 0.2) is 5.84 Å². The number of hydrogen-bond donors (Lipinski definition) is 2. The molecule has 3 N–H and O–H groups in total. The lowest BCUT2D eigenvalue weighted by molar-refractivity contribution is 0.318. The maximum atomic E-state index is 13.5. The molecule has 0 fully saturated rings. The van der Waals surface area contributed by atoms with E-state index in [1.165, 1.54) is 12.1 Å². The van der Waals surface area contributed by atoms with Gasteiger partial charge >= 0.3 is 0 Å². The Labute approximate surface area is 121 Å². The fourth-order valence-corrected chi connectivity index (χ4v) is 2.88. The van der Waals surface area contributed by atoms with Crippen LogP contribution in [0.4, 0.5) is 15.9 Å². The number of benzene rings is 1. The summed E-state index contributed by atoms with van der Waals surface area (Å²) in [6.07, 6.45) is 0.815. The predicted octanol–water partition coefficient (Wildman–Crippen LogP) is 1.66. The summed E-state index contributed by atoms with van der Waals surface area (Å²) in [5.41, 5.74) is 8.87. The summed E-state index contributed by atoms with van der Waals surface area (Å²) in [7, 11) is 1.79. The summed E-state index contributed by atoms with van der Waals surface area (Å²) < 4.78 is 15.2. The second-order valence-electron chi connectivity index (χ2n) is 5.07. The summed E-state index contributed by atoms with van der Waals surface area (Å²) >= 11 is 0. The molecule has 0 radical (unpaired) electrons. The van der Waals surface area contributed by atoms with Gasteiger partial charge in [-0.1, -0.05) is 11.2 Å². The van der Waals surface area contributed by atoms with Crippen molar-refractivity contribution in [2.24, 2.45) is 17.9 Å². The number of halogens is 1. The van der Waals surface area contributed by atoms with Crippen LogP contribution in [-0.2, 0) is 13.5 Å². The Bertz CT molecular complexity index is 737. The molecule has 0 aliphatic carbocycles. The topological polar surface area (TPSA) is 79.7 Å². The first-order valence-corrected chi connectivity index (χ1v) is 6.60. The third-order valence-electron chi connectivity index (χ3n) is 3.75. The zero-order valence-electron chi connectivity index (χ0n) is 11.8. The lowest BCUT2D eigenvalue weighted by atomic mass is 10.1. The number of nitrogens with two attached hydrogens (primary N) is 1. The van der Waals surface area contributed by atoms with Crippen LogP contribution >= 0.6 is 0 Å². The van der Waals surface area contributed by atoms with Crippen LogP contribution in [0.3, 0.4) is 0 Å². The third-order valence-corrected chi connectivity index (χ3v) is 3.75. The molecule has 0 atom stereocenters. The zero-order valence-corrected chi connectivity index (χ0v) is 11.8. The molecule has 0 bridgehead atoms. The second-order valence-corrected chi connectivity index (χ2v) is 5.07. The third kappa shape index (κ3) is 2.01. The van der Waals surface area contributed by atoms with Crippen molar-refractivity contribution >= 4 is 17.3 Å². The molecule has 110 valence electrons. The van der Waals surface area contributed by atoms with Gasteiger partial charge in [-0.2, -0.15) is 5.10 Å². The van der Waals surface area contributed by atoms with Gasteiger partial charge in [0.25, 0.3) is 0 Å². The number of hydrogen-bond acceptors (Lipinski definition) is 4. The van der Waals surface area contributed by atoms with Crippen molar-refractivity contribution in [3.05, 3.63) is 40.8 Å². The quantitative estimate of drug-likeness (QED) is 0.381. The molecule has 7 heteroatoms. The molecule has 1 aliphatic heterocycles. The molecule has 0 unspecified atom stereocenters. The first kappa shape index (κ1) is 13.4. The van der Waals surface area contributed by atoms with Gasteiger partial charge in [-0.15, -0.1) is 0 Å². The van der Waals surface area contributed by atoms with Crippen LogP contribution in [0, 0.1) is 12.7 Å². The molecule has 0 amide bonds. The maximum Gasteiger partial charge on any atom is 0.175 e. The molecule has 2 heterocycles. The normalized spacial score (nSPS) is 14.6. The highest BCUT2D eigenvalue weighted by Gasteiger charge is 2.28. The zero-order chi connectivity index (χ0) is 15.1. The summed E-state index contributed by atoms with van der Waals surface area (Å²) in [5.74, 6) is 0.414. The summed E-state index contributed by atoms with van der Waals surface area (Å²) in [5, 5.41) is 16.4. The number of fused-ring (bicyclic) bond motifs is 1. The van der Waals surface area contributed by atoms with Crippen molar-refractivity contribution in [1.82, 2.24) is 9.78 Å². The van der Waals surface area contributed by atoms with Gasteiger partial charge < -0.3 is 15.8 Å². The van der Waals surface area contributed by atoms with E-state index in [0.29, 0.717) is 23.6 Å². The van der Waals surface area contributed by atoms with Crippen LogP contribution in [-0.4, -0.2) is 27.4 Å². The van der Waals surface area contributed by atoms with Gasteiger partial charge in [0.1, 0.15) is 11.6 Å². The van der Waals surface area contributed by atoms with E-state index in [1.54, 1.807) is 24.7 Å². The Hall–Kier alpha value is -2.57. The summed E-state index contributed by atoms with van der Waals surface area (Å²) in [6.45, 7) is 2.49. The molecular formula is C14H16FN5O. The van der Waals surface area contributed by atoms with Gasteiger partial charge in [0.05, 0.1) is 11.3 Å². The SMILES string of the molecule is Cc1nn(C)c(N2CCc3ccc(F)cc32)c1/C(N)=N/O. The minimum Gasteiger partial charge on any atom is -0.409 e. The number of rotatable bonds is 2. The summed E-state index contributed by atoms with van der Waals surface area (Å²) in [4.78, 5) is 1.95. The van der Waals surface area contributed by atoms with E-state index >= 15 is 0 Å². The average molecular weight is 289 g/mol. The standard InChI is InChI=1S/C14H16FN5O/c1-8-12(13(16)18-21)14(19(2)17-8)20-6-5-9-3-4-10(15)7-11(9)20/h3-4,7,21H,5-6H2,1-2H3,(H2,16,18). The highest BCUT2D eigenvalue weighted by atomic mass is 19.1. The van der Waals surface area contributed by atoms with Gasteiger partial charge in [-0.05, 0) is 31.0 Å². The number of oxime groups is 1. The lowest BCUT2D eigenvalue weighted by Crippen LogP contribution is -2.22. The summed E-state index contributed by atoms with van der Waals surface area (Å²) in [6, 6.07) is 4.75. The van der Waals surface area contributed by atoms with E-state index in [1.807, 2.05) is 4.90 Å². The van der Waals surface area contributed by atoms with Crippen LogP contribution in [0.5, 0.6) is 0 Å². The van der Waals surface area contributed by atoms with Gasteiger partial charge in [0.2, 0.25) is 0 Å². The molecule has 0 spiro atoms. The highest BCUT2D eigenvalue weighted by molar-refractivity contribution is 6.03. The van der Waals surface area contributed by atoms with Crippen LogP contribution in [0.2, 0.25) is 0 Å². The fourth-order valence-electron chi connectivity index (χ4n) is 2.88. The van der Waals surface area contributed by atoms with Crippen molar-refractivity contribution in [1.29, 1.82) is 0 Å². The minimum atomic E-state index is -0.287. The van der Waals surface area contributed by atoms with Crippen molar-refractivity contribution in [2.45, 2.75) is 13.3 Å². The van der Waals surface area contributed by atoms with Gasteiger partial charge in [-0.3, -0.25) is 4.68 Å². The van der Waals surface area contributed by atoms with Crippen molar-refractivity contribution in [2.75, 3.05) is 11.4 Å². The van der Waals surface area contributed by atoms with Crippen LogP contribution in [0.25, 0.3) is 0 Å². The Balaban J connectivity index is 2.18. The number of anilines is 2. The lowest BCUT2D eigenvalue weighted by Gasteiger charge is -2.21. The van der Waals surface area contributed by atoms with E-state index in [4.69, 9.17) is 10.9 Å². The van der Waals surface area contributed by atoms with Crippen LogP contribution in [0.1, 0.15) is 16.8 Å². The smallest absolute Gasteiger partial charge is 0.175 e. The first-order chi connectivity index (χ1) is 10.0. The molecule has 21 heavy (non-hydrogen) atoms. The minimum absolute atomic E-state index is 0.000420. The molecule has 2 aromatic rings. The monoisotopic (exact) mass is 289 g/mol. The van der Waals surface area contributed by atoms with E-state index in [-0.39, 0.29) is 11.7 Å². The maximum absolute atomic E-state index is 13.5. The average Bonchev–Trinajstić information content (AvgIpc) is 2.98. The van der Waals surface area contributed by atoms with Crippen molar-refractivity contribution < 1.29 is 9.60 Å². The number of aryl methyl sites for hydroxylation is 2. The number of nitrogens with zero attached hydrogens (tertiary/aromatic N) is 4. The molecule has 0 saturated carbocycles. The van der Waals surface area contributed by atoms with Crippen molar-refractivity contribution in [3.8, 4) is 0 Å². The van der Waals surface area contributed by atoms with E-state index in [0.717, 1.165) is 17.7 Å². The highest BCUT2D eigenvalue weighted by Crippen LogP contribution is 2.37. The van der Waals surface area contributed by atoms with Crippen LogP contribution < -0.4 is 10.6 Å². The molecule has 1 aliphatic rings. The van der Waals surface area contributed by atoms with Gasteiger partial charge in [0, 0.05) is 19.3 Å². The van der Waals surface area contributed by atoms with Crippen molar-refractivity contribution in [3.63, 3.8) is 0 Å². The Morgan fingerprint density at radius 3 is 2.95 bits per heavy atom. The molecule has 6 nitrogen and oxygen atoms in total. The van der Waals surface area contributed by atoms with Crippen LogP contribution in [0.15, 0.2) is 23.4 Å². The van der Waals surface area contributed by atoms with E-state index in [9.17, 15) is 4.39 Å². The fraction of sp³-hybridized carbons (Fsp3) is 0.286.